The van der Waals surface area contributed by atoms with Gasteiger partial charge in [0, 0.05) is 24.3 Å². The van der Waals surface area contributed by atoms with Gasteiger partial charge in [-0.2, -0.15) is 0 Å². The molecule has 0 aromatic carbocycles. The van der Waals surface area contributed by atoms with Crippen LogP contribution in [0.5, 0.6) is 0 Å². The maximum atomic E-state index is 4.46. The molecule has 0 aliphatic carbocycles. The Hall–Kier alpha value is -1.86. The van der Waals surface area contributed by atoms with E-state index in [1.165, 1.54) is 11.3 Å². The lowest BCUT2D eigenvalue weighted by Gasteiger charge is -2.12. The standard InChI is InChI=1S/C13H13N5S2/c1-9-8-19-11(15-9)7-18(2)13-17-16-12(20-13)10-5-3-4-6-14-10/h3-6,8H,7H2,1-2H3. The molecule has 0 N–H and O–H groups in total. The largest absolute Gasteiger partial charge is 0.343 e. The summed E-state index contributed by atoms with van der Waals surface area (Å²) in [4.78, 5) is 10.8. The van der Waals surface area contributed by atoms with E-state index in [-0.39, 0.29) is 0 Å². The van der Waals surface area contributed by atoms with E-state index in [0.717, 1.165) is 33.1 Å². The molecule has 3 heterocycles. The molecule has 0 spiro atoms. The lowest BCUT2D eigenvalue weighted by atomic mass is 10.4. The van der Waals surface area contributed by atoms with Crippen molar-refractivity contribution in [3.63, 3.8) is 0 Å². The average molecular weight is 303 g/mol. The smallest absolute Gasteiger partial charge is 0.208 e. The van der Waals surface area contributed by atoms with Gasteiger partial charge in [-0.15, -0.1) is 21.5 Å². The van der Waals surface area contributed by atoms with Crippen LogP contribution in [0.25, 0.3) is 10.7 Å². The topological polar surface area (TPSA) is 54.8 Å². The number of hydrogen-bond acceptors (Lipinski definition) is 7. The summed E-state index contributed by atoms with van der Waals surface area (Å²) in [5, 5.41) is 13.3. The molecule has 0 saturated carbocycles. The molecule has 0 aliphatic rings. The van der Waals surface area contributed by atoms with Crippen LogP contribution in [0.3, 0.4) is 0 Å². The van der Waals surface area contributed by atoms with Crippen molar-refractivity contribution >= 4 is 27.8 Å². The van der Waals surface area contributed by atoms with Crippen molar-refractivity contribution in [1.82, 2.24) is 20.2 Å². The Kier molecular flexibility index (Phi) is 3.70. The minimum atomic E-state index is 0.745. The fourth-order valence-corrected chi connectivity index (χ4v) is 3.31. The molecule has 102 valence electrons. The van der Waals surface area contributed by atoms with Gasteiger partial charge in [0.15, 0.2) is 5.01 Å². The maximum Gasteiger partial charge on any atom is 0.208 e. The van der Waals surface area contributed by atoms with Crippen LogP contribution in [0.1, 0.15) is 10.7 Å². The molecule has 3 rings (SSSR count). The van der Waals surface area contributed by atoms with Gasteiger partial charge in [0.05, 0.1) is 6.54 Å². The number of aryl methyl sites for hydroxylation is 1. The second kappa shape index (κ2) is 5.64. The summed E-state index contributed by atoms with van der Waals surface area (Å²) in [7, 11) is 2.00. The van der Waals surface area contributed by atoms with Gasteiger partial charge in [-0.05, 0) is 19.1 Å². The van der Waals surface area contributed by atoms with Crippen molar-refractivity contribution in [3.8, 4) is 10.7 Å². The lowest BCUT2D eigenvalue weighted by Crippen LogP contribution is -2.15. The van der Waals surface area contributed by atoms with E-state index in [2.05, 4.69) is 30.4 Å². The highest BCUT2D eigenvalue weighted by Gasteiger charge is 2.12. The summed E-state index contributed by atoms with van der Waals surface area (Å²) in [6, 6.07) is 5.78. The molecule has 0 unspecified atom stereocenters. The zero-order valence-corrected chi connectivity index (χ0v) is 12.8. The molecule has 0 bridgehead atoms. The Bertz CT molecular complexity index is 692. The SMILES string of the molecule is Cc1csc(CN(C)c2nnc(-c3ccccn3)s2)n1. The fraction of sp³-hybridized carbons (Fsp3) is 0.231. The first kappa shape index (κ1) is 13.1. The third-order valence-electron chi connectivity index (χ3n) is 2.66. The number of rotatable bonds is 4. The molecular weight excluding hydrogens is 290 g/mol. The highest BCUT2D eigenvalue weighted by molar-refractivity contribution is 7.18. The number of pyridine rings is 1. The van der Waals surface area contributed by atoms with Crippen LogP contribution in [0, 0.1) is 6.92 Å². The Morgan fingerprint density at radius 3 is 2.85 bits per heavy atom. The summed E-state index contributed by atoms with van der Waals surface area (Å²) >= 11 is 3.21. The number of thiazole rings is 1. The third kappa shape index (κ3) is 2.83. The van der Waals surface area contributed by atoms with E-state index in [0.29, 0.717) is 0 Å². The summed E-state index contributed by atoms with van der Waals surface area (Å²) in [6.07, 6.45) is 1.76. The molecule has 0 radical (unpaired) electrons. The zero-order chi connectivity index (χ0) is 13.9. The molecule has 7 heteroatoms. The molecule has 0 aliphatic heterocycles. The second-order valence-electron chi connectivity index (χ2n) is 4.34. The normalized spacial score (nSPS) is 10.7. The third-order valence-corrected chi connectivity index (χ3v) is 4.68. The highest BCUT2D eigenvalue weighted by Crippen LogP contribution is 2.27. The van der Waals surface area contributed by atoms with E-state index in [4.69, 9.17) is 0 Å². The van der Waals surface area contributed by atoms with Gasteiger partial charge in [-0.1, -0.05) is 17.4 Å². The molecular formula is C13H13N5S2. The van der Waals surface area contributed by atoms with Crippen LogP contribution < -0.4 is 4.90 Å². The Balaban J connectivity index is 1.76. The Morgan fingerprint density at radius 2 is 2.15 bits per heavy atom. The Morgan fingerprint density at radius 1 is 1.25 bits per heavy atom. The minimum absolute atomic E-state index is 0.745. The monoisotopic (exact) mass is 303 g/mol. The Labute approximate surface area is 125 Å². The summed E-state index contributed by atoms with van der Waals surface area (Å²) in [6.45, 7) is 2.75. The lowest BCUT2D eigenvalue weighted by molar-refractivity contribution is 0.881. The molecule has 20 heavy (non-hydrogen) atoms. The number of hydrogen-bond donors (Lipinski definition) is 0. The molecule has 0 atom stereocenters. The maximum absolute atomic E-state index is 4.46. The minimum Gasteiger partial charge on any atom is -0.343 e. The van der Waals surface area contributed by atoms with Gasteiger partial charge < -0.3 is 4.90 Å². The van der Waals surface area contributed by atoms with Crippen LogP contribution in [0.15, 0.2) is 29.8 Å². The van der Waals surface area contributed by atoms with Gasteiger partial charge in [0.2, 0.25) is 5.13 Å². The average Bonchev–Trinajstić information content (AvgIpc) is 3.09. The first-order chi connectivity index (χ1) is 9.72. The first-order valence-corrected chi connectivity index (χ1v) is 7.79. The first-order valence-electron chi connectivity index (χ1n) is 6.09. The zero-order valence-electron chi connectivity index (χ0n) is 11.1. The summed E-state index contributed by atoms with van der Waals surface area (Å²) in [5.74, 6) is 0. The van der Waals surface area contributed by atoms with Gasteiger partial charge in [0.1, 0.15) is 10.7 Å². The molecule has 0 fully saturated rings. The van der Waals surface area contributed by atoms with E-state index in [1.807, 2.05) is 32.2 Å². The molecule has 0 amide bonds. The van der Waals surface area contributed by atoms with Crippen LogP contribution >= 0.6 is 22.7 Å². The van der Waals surface area contributed by atoms with Crippen molar-refractivity contribution in [2.45, 2.75) is 13.5 Å². The van der Waals surface area contributed by atoms with Gasteiger partial charge in [-0.25, -0.2) is 4.98 Å². The molecule has 5 nitrogen and oxygen atoms in total. The highest BCUT2D eigenvalue weighted by atomic mass is 32.1. The van der Waals surface area contributed by atoms with Crippen molar-refractivity contribution < 1.29 is 0 Å². The summed E-state index contributed by atoms with van der Waals surface area (Å²) < 4.78 is 0. The van der Waals surface area contributed by atoms with E-state index in [9.17, 15) is 0 Å². The van der Waals surface area contributed by atoms with Crippen LogP contribution in [0.4, 0.5) is 5.13 Å². The number of anilines is 1. The van der Waals surface area contributed by atoms with Crippen LogP contribution in [-0.4, -0.2) is 27.2 Å². The number of aromatic nitrogens is 4. The molecule has 3 aromatic heterocycles. The fourth-order valence-electron chi connectivity index (χ4n) is 1.71. The van der Waals surface area contributed by atoms with E-state index < -0.39 is 0 Å². The predicted molar refractivity (Wildman–Crippen MR) is 82.1 cm³/mol. The van der Waals surface area contributed by atoms with Gasteiger partial charge >= 0.3 is 0 Å². The predicted octanol–water partition coefficient (Wildman–Crippen LogP) is 3.00. The van der Waals surface area contributed by atoms with Crippen molar-refractivity contribution in [2.75, 3.05) is 11.9 Å². The van der Waals surface area contributed by atoms with Crippen LogP contribution in [0.2, 0.25) is 0 Å². The van der Waals surface area contributed by atoms with Crippen molar-refractivity contribution in [1.29, 1.82) is 0 Å². The van der Waals surface area contributed by atoms with Crippen molar-refractivity contribution in [3.05, 3.63) is 40.5 Å². The number of nitrogens with zero attached hydrogens (tertiary/aromatic N) is 5. The van der Waals surface area contributed by atoms with Crippen LogP contribution in [-0.2, 0) is 6.54 Å². The molecule has 0 saturated heterocycles. The van der Waals surface area contributed by atoms with Crippen molar-refractivity contribution in [2.24, 2.45) is 0 Å². The van der Waals surface area contributed by atoms with Gasteiger partial charge in [-0.3, -0.25) is 4.98 Å². The van der Waals surface area contributed by atoms with E-state index >= 15 is 0 Å². The summed E-state index contributed by atoms with van der Waals surface area (Å²) in [5.41, 5.74) is 1.92. The van der Waals surface area contributed by atoms with Gasteiger partial charge in [0.25, 0.3) is 0 Å². The van der Waals surface area contributed by atoms with E-state index in [1.54, 1.807) is 17.5 Å². The second-order valence-corrected chi connectivity index (χ2v) is 6.24. The molecule has 3 aromatic rings. The quantitative estimate of drug-likeness (QED) is 0.741.